The van der Waals surface area contributed by atoms with Crippen LogP contribution in [-0.2, 0) is 9.53 Å². The zero-order chi connectivity index (χ0) is 22.3. The molecule has 32 heavy (non-hydrogen) atoms. The highest BCUT2D eigenvalue weighted by Crippen LogP contribution is 2.31. The van der Waals surface area contributed by atoms with Gasteiger partial charge in [-0.1, -0.05) is 13.3 Å². The molecule has 0 saturated carbocycles. The van der Waals surface area contributed by atoms with E-state index in [-0.39, 0.29) is 18.4 Å². The van der Waals surface area contributed by atoms with Crippen LogP contribution in [0.1, 0.15) is 43.0 Å². The molecule has 0 spiro atoms. The summed E-state index contributed by atoms with van der Waals surface area (Å²) >= 11 is 0. The number of ether oxygens (including phenoxy) is 2. The van der Waals surface area contributed by atoms with Gasteiger partial charge in [0.25, 0.3) is 5.91 Å². The molecule has 3 heterocycles. The van der Waals surface area contributed by atoms with E-state index in [1.54, 1.807) is 11.0 Å². The SMILES string of the molecule is CCCCOc1ccc(NC(=O)c2cnc3c(c2)N(CC2CCOCC2)C(=O)CN3)cc1. The fourth-order valence-electron chi connectivity index (χ4n) is 3.87. The maximum atomic E-state index is 12.9. The first-order valence-corrected chi connectivity index (χ1v) is 11.3. The lowest BCUT2D eigenvalue weighted by atomic mass is 9.99. The molecule has 2 N–H and O–H groups in total. The predicted octanol–water partition coefficient (Wildman–Crippen LogP) is 3.70. The first-order chi connectivity index (χ1) is 15.6. The highest BCUT2D eigenvalue weighted by Gasteiger charge is 2.29. The number of pyridine rings is 1. The van der Waals surface area contributed by atoms with Gasteiger partial charge in [-0.05, 0) is 55.5 Å². The number of unbranched alkanes of at least 4 members (excludes halogenated alkanes) is 1. The van der Waals surface area contributed by atoms with E-state index in [4.69, 9.17) is 9.47 Å². The van der Waals surface area contributed by atoms with Crippen LogP contribution in [-0.4, -0.2) is 49.7 Å². The maximum Gasteiger partial charge on any atom is 0.257 e. The van der Waals surface area contributed by atoms with E-state index in [0.29, 0.717) is 41.8 Å². The minimum Gasteiger partial charge on any atom is -0.494 e. The molecule has 2 aromatic rings. The minimum atomic E-state index is -0.274. The molecule has 0 radical (unpaired) electrons. The molecule has 0 aliphatic carbocycles. The van der Waals surface area contributed by atoms with E-state index in [0.717, 1.165) is 44.6 Å². The number of benzene rings is 1. The van der Waals surface area contributed by atoms with Crippen LogP contribution in [0.2, 0.25) is 0 Å². The topological polar surface area (TPSA) is 92.8 Å². The summed E-state index contributed by atoms with van der Waals surface area (Å²) in [6.07, 6.45) is 5.48. The molecule has 170 valence electrons. The molecule has 1 fully saturated rings. The van der Waals surface area contributed by atoms with Crippen LogP contribution >= 0.6 is 0 Å². The second-order valence-corrected chi connectivity index (χ2v) is 8.19. The van der Waals surface area contributed by atoms with Gasteiger partial charge in [-0.25, -0.2) is 4.98 Å². The monoisotopic (exact) mass is 438 g/mol. The van der Waals surface area contributed by atoms with Gasteiger partial charge in [0.1, 0.15) is 11.6 Å². The molecular formula is C24H30N4O4. The molecule has 0 atom stereocenters. The summed E-state index contributed by atoms with van der Waals surface area (Å²) in [6.45, 7) is 5.07. The predicted molar refractivity (Wildman–Crippen MR) is 123 cm³/mol. The number of fused-ring (bicyclic) bond motifs is 1. The average Bonchev–Trinajstić information content (AvgIpc) is 2.82. The van der Waals surface area contributed by atoms with Crippen molar-refractivity contribution in [3.63, 3.8) is 0 Å². The summed E-state index contributed by atoms with van der Waals surface area (Å²) in [4.78, 5) is 31.6. The van der Waals surface area contributed by atoms with Crippen molar-refractivity contribution in [2.45, 2.75) is 32.6 Å². The van der Waals surface area contributed by atoms with Gasteiger partial charge >= 0.3 is 0 Å². The fourth-order valence-corrected chi connectivity index (χ4v) is 3.87. The number of anilines is 3. The Bertz CT molecular complexity index is 942. The van der Waals surface area contributed by atoms with Crippen LogP contribution in [0.3, 0.4) is 0 Å². The van der Waals surface area contributed by atoms with Crippen molar-refractivity contribution in [2.75, 3.05) is 48.4 Å². The molecule has 1 aromatic carbocycles. The molecule has 2 aliphatic rings. The molecule has 0 bridgehead atoms. The maximum absolute atomic E-state index is 12.9. The number of nitrogens with zero attached hydrogens (tertiary/aromatic N) is 2. The third-order valence-electron chi connectivity index (χ3n) is 5.79. The highest BCUT2D eigenvalue weighted by atomic mass is 16.5. The summed E-state index contributed by atoms with van der Waals surface area (Å²) in [6, 6.07) is 9.05. The Morgan fingerprint density at radius 1 is 1.28 bits per heavy atom. The highest BCUT2D eigenvalue weighted by molar-refractivity contribution is 6.07. The van der Waals surface area contributed by atoms with Crippen molar-refractivity contribution < 1.29 is 19.1 Å². The van der Waals surface area contributed by atoms with Crippen molar-refractivity contribution in [3.05, 3.63) is 42.1 Å². The molecule has 8 nitrogen and oxygen atoms in total. The van der Waals surface area contributed by atoms with Crippen LogP contribution in [0, 0.1) is 5.92 Å². The number of carbonyl (C=O) groups is 2. The standard InChI is InChI=1S/C24H30N4O4/c1-2-3-10-32-20-6-4-19(5-7-20)27-24(30)18-13-21-23(25-14-18)26-15-22(29)28(21)16-17-8-11-31-12-9-17/h4-7,13-14,17H,2-3,8-12,15-16H2,1H3,(H,25,26)(H,27,30). The third kappa shape index (κ3) is 5.37. The molecule has 2 amide bonds. The molecule has 1 saturated heterocycles. The van der Waals surface area contributed by atoms with E-state index in [2.05, 4.69) is 22.5 Å². The number of hydrogen-bond acceptors (Lipinski definition) is 6. The van der Waals surface area contributed by atoms with Crippen molar-refractivity contribution in [3.8, 4) is 5.75 Å². The second-order valence-electron chi connectivity index (χ2n) is 8.19. The van der Waals surface area contributed by atoms with Crippen molar-refractivity contribution in [2.24, 2.45) is 5.92 Å². The van der Waals surface area contributed by atoms with Gasteiger partial charge < -0.3 is 25.0 Å². The van der Waals surface area contributed by atoms with E-state index >= 15 is 0 Å². The van der Waals surface area contributed by atoms with Crippen molar-refractivity contribution in [1.82, 2.24) is 4.98 Å². The zero-order valence-corrected chi connectivity index (χ0v) is 18.4. The van der Waals surface area contributed by atoms with E-state index in [1.165, 1.54) is 6.20 Å². The van der Waals surface area contributed by atoms with Gasteiger partial charge in [0.05, 0.1) is 24.4 Å². The molecule has 4 rings (SSSR count). The number of hydrogen-bond donors (Lipinski definition) is 2. The summed E-state index contributed by atoms with van der Waals surface area (Å²) < 4.78 is 11.1. The Hall–Kier alpha value is -3.13. The number of nitrogens with one attached hydrogen (secondary N) is 2. The van der Waals surface area contributed by atoms with Crippen LogP contribution in [0.25, 0.3) is 0 Å². The van der Waals surface area contributed by atoms with Gasteiger partial charge in [0.15, 0.2) is 0 Å². The summed E-state index contributed by atoms with van der Waals surface area (Å²) in [5.74, 6) is 1.50. The van der Waals surface area contributed by atoms with Gasteiger partial charge in [-0.2, -0.15) is 0 Å². The summed E-state index contributed by atoms with van der Waals surface area (Å²) in [7, 11) is 0. The number of amides is 2. The van der Waals surface area contributed by atoms with E-state index in [1.807, 2.05) is 24.3 Å². The van der Waals surface area contributed by atoms with Crippen molar-refractivity contribution >= 4 is 29.0 Å². The molecule has 0 unspecified atom stereocenters. The number of rotatable bonds is 8. The smallest absolute Gasteiger partial charge is 0.257 e. The van der Waals surface area contributed by atoms with Gasteiger partial charge in [0, 0.05) is 31.6 Å². The number of aromatic nitrogens is 1. The summed E-state index contributed by atoms with van der Waals surface area (Å²) in [5.41, 5.74) is 1.73. The quantitative estimate of drug-likeness (QED) is 0.611. The first-order valence-electron chi connectivity index (χ1n) is 11.3. The van der Waals surface area contributed by atoms with Gasteiger partial charge in [-0.3, -0.25) is 9.59 Å². The van der Waals surface area contributed by atoms with E-state index in [9.17, 15) is 9.59 Å². The lowest BCUT2D eigenvalue weighted by Crippen LogP contribution is -2.44. The van der Waals surface area contributed by atoms with E-state index < -0.39 is 0 Å². The normalized spacial score (nSPS) is 16.3. The van der Waals surface area contributed by atoms with Crippen LogP contribution < -0.4 is 20.3 Å². The first kappa shape index (κ1) is 22.1. The summed E-state index contributed by atoms with van der Waals surface area (Å²) in [5, 5.41) is 5.94. The lowest BCUT2D eigenvalue weighted by Gasteiger charge is -2.33. The van der Waals surface area contributed by atoms with Crippen LogP contribution in [0.5, 0.6) is 5.75 Å². The molecule has 8 heteroatoms. The van der Waals surface area contributed by atoms with Crippen LogP contribution in [0.4, 0.5) is 17.2 Å². The van der Waals surface area contributed by atoms with Gasteiger partial charge in [0.2, 0.25) is 5.91 Å². The Kier molecular flexibility index (Phi) is 7.21. The Labute approximate surface area is 188 Å². The minimum absolute atomic E-state index is 0.0120. The Morgan fingerprint density at radius 2 is 2.06 bits per heavy atom. The van der Waals surface area contributed by atoms with Crippen molar-refractivity contribution in [1.29, 1.82) is 0 Å². The Balaban J connectivity index is 1.45. The molecular weight excluding hydrogens is 408 g/mol. The second kappa shape index (κ2) is 10.5. The molecule has 2 aliphatic heterocycles. The van der Waals surface area contributed by atoms with Gasteiger partial charge in [-0.15, -0.1) is 0 Å². The largest absolute Gasteiger partial charge is 0.494 e. The zero-order valence-electron chi connectivity index (χ0n) is 18.4. The molecule has 1 aromatic heterocycles. The Morgan fingerprint density at radius 3 is 2.81 bits per heavy atom. The third-order valence-corrected chi connectivity index (χ3v) is 5.79. The average molecular weight is 439 g/mol. The lowest BCUT2D eigenvalue weighted by molar-refractivity contribution is -0.117. The van der Waals surface area contributed by atoms with Crippen LogP contribution in [0.15, 0.2) is 36.5 Å². The fraction of sp³-hybridized carbons (Fsp3) is 0.458. The number of carbonyl (C=O) groups excluding carboxylic acids is 2.